The average molecular weight is 273 g/mol. The van der Waals surface area contributed by atoms with Crippen LogP contribution in [-0.4, -0.2) is 50.6 Å². The van der Waals surface area contributed by atoms with Gasteiger partial charge >= 0.3 is 5.97 Å². The van der Waals surface area contributed by atoms with Crippen molar-refractivity contribution in [1.29, 1.82) is 0 Å². The summed E-state index contributed by atoms with van der Waals surface area (Å²) in [6, 6.07) is -0.188. The molecule has 2 atom stereocenters. The van der Waals surface area contributed by atoms with Crippen LogP contribution in [0.3, 0.4) is 0 Å². The number of nitrogens with one attached hydrogen (secondary N) is 1. The average Bonchev–Trinajstić information content (AvgIpc) is 2.38. The van der Waals surface area contributed by atoms with Crippen LogP contribution >= 0.6 is 0 Å². The van der Waals surface area contributed by atoms with E-state index in [1.807, 2.05) is 13.8 Å². The Morgan fingerprint density at radius 1 is 1.42 bits per heavy atom. The lowest BCUT2D eigenvalue weighted by atomic mass is 10.1. The van der Waals surface area contributed by atoms with Gasteiger partial charge in [-0.05, 0) is 26.2 Å². The molecule has 5 nitrogen and oxygen atoms in total. The Kier molecular flexibility index (Phi) is 8.02. The van der Waals surface area contributed by atoms with Crippen molar-refractivity contribution in [2.24, 2.45) is 0 Å². The molecular weight excluding hydrogens is 246 g/mol. The summed E-state index contributed by atoms with van der Waals surface area (Å²) in [7, 11) is 0. The summed E-state index contributed by atoms with van der Waals surface area (Å²) in [4.78, 5) is 11.8. The Bertz CT molecular complexity index is 252. The largest absolute Gasteiger partial charge is 0.465 e. The van der Waals surface area contributed by atoms with Crippen molar-refractivity contribution >= 4 is 5.97 Å². The van der Waals surface area contributed by atoms with Gasteiger partial charge in [0.25, 0.3) is 0 Å². The van der Waals surface area contributed by atoms with E-state index in [9.17, 15) is 4.79 Å². The highest BCUT2D eigenvalue weighted by Gasteiger charge is 2.22. The van der Waals surface area contributed by atoms with Gasteiger partial charge in [-0.1, -0.05) is 13.8 Å². The molecule has 0 spiro atoms. The smallest absolute Gasteiger partial charge is 0.325 e. The van der Waals surface area contributed by atoms with E-state index >= 15 is 0 Å². The predicted octanol–water partition coefficient (Wildman–Crippen LogP) is 1.50. The molecule has 0 saturated carbocycles. The van der Waals surface area contributed by atoms with E-state index in [1.165, 1.54) is 6.42 Å². The Morgan fingerprint density at radius 2 is 2.21 bits per heavy atom. The number of rotatable bonds is 8. The lowest BCUT2D eigenvalue weighted by Crippen LogP contribution is -2.45. The van der Waals surface area contributed by atoms with Gasteiger partial charge in [0, 0.05) is 12.6 Å². The van der Waals surface area contributed by atoms with E-state index in [2.05, 4.69) is 5.32 Å². The van der Waals surface area contributed by atoms with Crippen LogP contribution in [0.2, 0.25) is 0 Å². The van der Waals surface area contributed by atoms with Gasteiger partial charge in [-0.2, -0.15) is 0 Å². The molecule has 0 aromatic carbocycles. The highest BCUT2D eigenvalue weighted by molar-refractivity contribution is 5.75. The first kappa shape index (κ1) is 16.4. The molecule has 0 amide bonds. The van der Waals surface area contributed by atoms with Crippen LogP contribution in [-0.2, 0) is 19.0 Å². The van der Waals surface area contributed by atoms with E-state index in [4.69, 9.17) is 14.2 Å². The zero-order valence-electron chi connectivity index (χ0n) is 12.3. The summed E-state index contributed by atoms with van der Waals surface area (Å²) in [5, 5.41) is 3.16. The van der Waals surface area contributed by atoms with Gasteiger partial charge in [0.05, 0.1) is 25.9 Å². The van der Waals surface area contributed by atoms with Gasteiger partial charge in [0.2, 0.25) is 0 Å². The van der Waals surface area contributed by atoms with Gasteiger partial charge in [0.1, 0.15) is 6.04 Å². The molecule has 2 unspecified atom stereocenters. The minimum Gasteiger partial charge on any atom is -0.465 e. The molecule has 0 bridgehead atoms. The van der Waals surface area contributed by atoms with Crippen LogP contribution in [0.1, 0.15) is 40.0 Å². The van der Waals surface area contributed by atoms with Crippen LogP contribution in [0.15, 0.2) is 0 Å². The molecule has 1 saturated heterocycles. The van der Waals surface area contributed by atoms with Gasteiger partial charge in [-0.3, -0.25) is 4.79 Å². The number of carbonyl (C=O) groups excluding carboxylic acids is 1. The predicted molar refractivity (Wildman–Crippen MR) is 73.1 cm³/mol. The molecule has 5 heteroatoms. The molecule has 19 heavy (non-hydrogen) atoms. The highest BCUT2D eigenvalue weighted by atomic mass is 16.5. The Hall–Kier alpha value is -0.650. The molecule has 0 aromatic heterocycles. The van der Waals surface area contributed by atoms with Gasteiger partial charge in [-0.15, -0.1) is 0 Å². The minimum atomic E-state index is -0.399. The van der Waals surface area contributed by atoms with Crippen molar-refractivity contribution in [3.63, 3.8) is 0 Å². The maximum absolute atomic E-state index is 11.8. The number of hydrogen-bond acceptors (Lipinski definition) is 5. The molecule has 1 rings (SSSR count). The van der Waals surface area contributed by atoms with Crippen LogP contribution in [0.25, 0.3) is 0 Å². The summed E-state index contributed by atoms with van der Waals surface area (Å²) < 4.78 is 16.2. The monoisotopic (exact) mass is 273 g/mol. The maximum Gasteiger partial charge on any atom is 0.325 e. The fraction of sp³-hybridized carbons (Fsp3) is 0.929. The molecule has 1 fully saturated rings. The van der Waals surface area contributed by atoms with Crippen LogP contribution < -0.4 is 5.32 Å². The zero-order valence-corrected chi connectivity index (χ0v) is 12.3. The second-order valence-electron chi connectivity index (χ2n) is 5.15. The lowest BCUT2D eigenvalue weighted by Gasteiger charge is -2.24. The van der Waals surface area contributed by atoms with Crippen molar-refractivity contribution in [2.75, 3.05) is 26.4 Å². The SMILES string of the molecule is CCOC(=O)C(COCC1CCCCO1)NC(C)C. The molecule has 1 aliphatic heterocycles. The molecule has 112 valence electrons. The number of esters is 1. The summed E-state index contributed by atoms with van der Waals surface area (Å²) >= 11 is 0. The van der Waals surface area contributed by atoms with Crippen molar-refractivity contribution in [1.82, 2.24) is 5.32 Å². The maximum atomic E-state index is 11.8. The Balaban J connectivity index is 2.28. The first-order chi connectivity index (χ1) is 9.13. The van der Waals surface area contributed by atoms with Crippen LogP contribution in [0.4, 0.5) is 0 Å². The van der Waals surface area contributed by atoms with Gasteiger partial charge in [0.15, 0.2) is 0 Å². The van der Waals surface area contributed by atoms with E-state index in [0.717, 1.165) is 19.4 Å². The number of ether oxygens (including phenoxy) is 3. The minimum absolute atomic E-state index is 0.177. The van der Waals surface area contributed by atoms with E-state index < -0.39 is 6.04 Å². The van der Waals surface area contributed by atoms with E-state index in [1.54, 1.807) is 6.92 Å². The van der Waals surface area contributed by atoms with E-state index in [0.29, 0.717) is 19.8 Å². The molecule has 1 aliphatic rings. The summed E-state index contributed by atoms with van der Waals surface area (Å²) in [5.41, 5.74) is 0. The molecule has 0 radical (unpaired) electrons. The topological polar surface area (TPSA) is 56.8 Å². The molecule has 1 heterocycles. The molecule has 0 aliphatic carbocycles. The van der Waals surface area contributed by atoms with Crippen molar-refractivity contribution in [3.05, 3.63) is 0 Å². The first-order valence-corrected chi connectivity index (χ1v) is 7.25. The van der Waals surface area contributed by atoms with E-state index in [-0.39, 0.29) is 18.1 Å². The fourth-order valence-electron chi connectivity index (χ4n) is 2.09. The van der Waals surface area contributed by atoms with Gasteiger partial charge in [-0.25, -0.2) is 0 Å². The Labute approximate surface area is 116 Å². The fourth-order valence-corrected chi connectivity index (χ4v) is 2.09. The highest BCUT2D eigenvalue weighted by Crippen LogP contribution is 2.12. The molecular formula is C14H27NO4. The number of carbonyl (C=O) groups is 1. The molecule has 0 aromatic rings. The zero-order chi connectivity index (χ0) is 14.1. The van der Waals surface area contributed by atoms with Crippen molar-refractivity contribution < 1.29 is 19.0 Å². The van der Waals surface area contributed by atoms with Crippen molar-refractivity contribution in [2.45, 2.75) is 58.2 Å². The van der Waals surface area contributed by atoms with Gasteiger partial charge < -0.3 is 19.5 Å². The lowest BCUT2D eigenvalue weighted by molar-refractivity contribution is -0.148. The third-order valence-corrected chi connectivity index (χ3v) is 2.97. The standard InChI is InChI=1S/C14H27NO4/c1-4-18-14(16)13(15-11(2)3)10-17-9-12-7-5-6-8-19-12/h11-13,15H,4-10H2,1-3H3. The third-order valence-electron chi connectivity index (χ3n) is 2.97. The quantitative estimate of drug-likeness (QED) is 0.679. The first-order valence-electron chi connectivity index (χ1n) is 7.25. The Morgan fingerprint density at radius 3 is 2.79 bits per heavy atom. The normalized spacial score (nSPS) is 21.4. The van der Waals surface area contributed by atoms with Crippen LogP contribution in [0.5, 0.6) is 0 Å². The van der Waals surface area contributed by atoms with Crippen LogP contribution in [0, 0.1) is 0 Å². The number of hydrogen-bond donors (Lipinski definition) is 1. The third kappa shape index (κ3) is 6.89. The second-order valence-corrected chi connectivity index (χ2v) is 5.15. The summed E-state index contributed by atoms with van der Waals surface area (Å²) in [5.74, 6) is -0.249. The molecule has 1 N–H and O–H groups in total. The van der Waals surface area contributed by atoms with Crippen molar-refractivity contribution in [3.8, 4) is 0 Å². The second kappa shape index (κ2) is 9.28. The summed E-state index contributed by atoms with van der Waals surface area (Å²) in [6.07, 6.45) is 3.55. The summed E-state index contributed by atoms with van der Waals surface area (Å²) in [6.45, 7) is 7.89.